The van der Waals surface area contributed by atoms with Gasteiger partial charge in [-0.05, 0) is 31.6 Å². The maximum absolute atomic E-state index is 12.1. The van der Waals surface area contributed by atoms with E-state index in [0.717, 1.165) is 25.7 Å². The molecule has 1 saturated heterocycles. The molecule has 2 rings (SSSR count). The highest BCUT2D eigenvalue weighted by Gasteiger charge is 2.46. The zero-order chi connectivity index (χ0) is 11.8. The molecular formula is C10H21N3O2S. The molecule has 0 radical (unpaired) electrons. The second-order valence-electron chi connectivity index (χ2n) is 5.17. The fourth-order valence-electron chi connectivity index (χ4n) is 2.06. The summed E-state index contributed by atoms with van der Waals surface area (Å²) in [5.41, 5.74) is 5.25. The lowest BCUT2D eigenvalue weighted by Gasteiger charge is -2.31. The van der Waals surface area contributed by atoms with E-state index in [1.165, 1.54) is 0 Å². The quantitative estimate of drug-likeness (QED) is 0.737. The first-order valence-corrected chi connectivity index (χ1v) is 7.41. The Morgan fingerprint density at radius 3 is 2.38 bits per heavy atom. The third kappa shape index (κ3) is 2.56. The average molecular weight is 247 g/mol. The summed E-state index contributed by atoms with van der Waals surface area (Å²) in [6.45, 7) is 3.84. The van der Waals surface area contributed by atoms with Gasteiger partial charge in [-0.1, -0.05) is 6.92 Å². The van der Waals surface area contributed by atoms with Gasteiger partial charge in [-0.25, -0.2) is 0 Å². The molecule has 0 bridgehead atoms. The van der Waals surface area contributed by atoms with Crippen LogP contribution >= 0.6 is 0 Å². The van der Waals surface area contributed by atoms with Crippen molar-refractivity contribution in [3.8, 4) is 0 Å². The van der Waals surface area contributed by atoms with E-state index in [4.69, 9.17) is 5.73 Å². The molecule has 3 N–H and O–H groups in total. The molecule has 0 amide bonds. The van der Waals surface area contributed by atoms with Gasteiger partial charge in [-0.15, -0.1) is 0 Å². The highest BCUT2D eigenvalue weighted by atomic mass is 32.2. The predicted molar refractivity (Wildman–Crippen MR) is 63.0 cm³/mol. The largest absolute Gasteiger partial charge is 0.329 e. The molecule has 0 unspecified atom stereocenters. The van der Waals surface area contributed by atoms with E-state index in [2.05, 4.69) is 11.6 Å². The van der Waals surface area contributed by atoms with Crippen LogP contribution in [0.15, 0.2) is 0 Å². The Morgan fingerprint density at radius 2 is 1.94 bits per heavy atom. The molecule has 1 heterocycles. The van der Waals surface area contributed by atoms with Gasteiger partial charge in [-0.3, -0.25) is 0 Å². The predicted octanol–water partition coefficient (Wildman–Crippen LogP) is 0.0440. The molecule has 2 aliphatic rings. The van der Waals surface area contributed by atoms with Crippen LogP contribution in [-0.2, 0) is 10.2 Å². The molecule has 0 atom stereocenters. The van der Waals surface area contributed by atoms with Crippen molar-refractivity contribution in [1.29, 1.82) is 0 Å². The van der Waals surface area contributed by atoms with Gasteiger partial charge in [0.1, 0.15) is 0 Å². The molecule has 1 aliphatic heterocycles. The average Bonchev–Trinajstić information content (AvgIpc) is 2.98. The van der Waals surface area contributed by atoms with Gasteiger partial charge >= 0.3 is 0 Å². The maximum Gasteiger partial charge on any atom is 0.279 e. The zero-order valence-corrected chi connectivity index (χ0v) is 10.6. The van der Waals surface area contributed by atoms with E-state index in [9.17, 15) is 8.42 Å². The molecule has 1 saturated carbocycles. The second kappa shape index (κ2) is 4.25. The summed E-state index contributed by atoms with van der Waals surface area (Å²) in [6.07, 6.45) is 3.65. The first kappa shape index (κ1) is 12.3. The lowest BCUT2D eigenvalue weighted by molar-refractivity contribution is 0.283. The number of piperidine rings is 1. The Labute approximate surface area is 97.6 Å². The molecule has 0 spiro atoms. The first-order valence-electron chi connectivity index (χ1n) is 5.97. The molecule has 0 aromatic heterocycles. The molecule has 1 aliphatic carbocycles. The van der Waals surface area contributed by atoms with Gasteiger partial charge in [0.15, 0.2) is 0 Å². The minimum atomic E-state index is -3.31. The van der Waals surface area contributed by atoms with Crippen molar-refractivity contribution in [2.45, 2.75) is 38.1 Å². The van der Waals surface area contributed by atoms with Crippen LogP contribution in [0.1, 0.15) is 32.6 Å². The van der Waals surface area contributed by atoms with E-state index in [1.54, 1.807) is 4.31 Å². The Kier molecular flexibility index (Phi) is 3.27. The number of nitrogens with two attached hydrogens (primary N) is 1. The monoisotopic (exact) mass is 247 g/mol. The number of hydrogen-bond donors (Lipinski definition) is 2. The molecule has 0 aromatic rings. The molecule has 0 aromatic carbocycles. The summed E-state index contributed by atoms with van der Waals surface area (Å²) in [7, 11) is -3.31. The fraction of sp³-hybridized carbons (Fsp3) is 1.00. The number of nitrogens with one attached hydrogen (secondary N) is 1. The summed E-state index contributed by atoms with van der Waals surface area (Å²) in [5, 5.41) is 0. The third-order valence-electron chi connectivity index (χ3n) is 3.67. The van der Waals surface area contributed by atoms with Gasteiger partial charge in [-0.2, -0.15) is 17.4 Å². The molecule has 94 valence electrons. The van der Waals surface area contributed by atoms with Crippen LogP contribution in [0.2, 0.25) is 0 Å². The third-order valence-corrected chi connectivity index (χ3v) is 5.41. The molecule has 6 heteroatoms. The van der Waals surface area contributed by atoms with E-state index < -0.39 is 10.2 Å². The van der Waals surface area contributed by atoms with Crippen LogP contribution in [0.25, 0.3) is 0 Å². The van der Waals surface area contributed by atoms with E-state index in [0.29, 0.717) is 25.6 Å². The van der Waals surface area contributed by atoms with Crippen LogP contribution < -0.4 is 10.5 Å². The van der Waals surface area contributed by atoms with Gasteiger partial charge in [0.25, 0.3) is 10.2 Å². The second-order valence-corrected chi connectivity index (χ2v) is 6.84. The maximum atomic E-state index is 12.1. The summed E-state index contributed by atoms with van der Waals surface area (Å²) in [4.78, 5) is 0. The minimum absolute atomic E-state index is 0.331. The lowest BCUT2D eigenvalue weighted by atomic mass is 10.0. The van der Waals surface area contributed by atoms with Crippen molar-refractivity contribution in [3.05, 3.63) is 0 Å². The van der Waals surface area contributed by atoms with Gasteiger partial charge in [0.05, 0.1) is 0 Å². The normalized spacial score (nSPS) is 26.9. The van der Waals surface area contributed by atoms with Crippen molar-refractivity contribution in [1.82, 2.24) is 9.03 Å². The van der Waals surface area contributed by atoms with Crippen molar-refractivity contribution >= 4 is 10.2 Å². The van der Waals surface area contributed by atoms with Crippen molar-refractivity contribution in [3.63, 3.8) is 0 Å². The van der Waals surface area contributed by atoms with Crippen molar-refractivity contribution < 1.29 is 8.42 Å². The van der Waals surface area contributed by atoms with E-state index >= 15 is 0 Å². The van der Waals surface area contributed by atoms with Crippen molar-refractivity contribution in [2.24, 2.45) is 11.7 Å². The van der Waals surface area contributed by atoms with Crippen LogP contribution in [0.4, 0.5) is 0 Å². The topological polar surface area (TPSA) is 75.4 Å². The fourth-order valence-corrected chi connectivity index (χ4v) is 3.72. The van der Waals surface area contributed by atoms with E-state index in [-0.39, 0.29) is 5.54 Å². The SMILES string of the molecule is CC1CCN(S(=O)(=O)NC2(CN)CC2)CC1. The summed E-state index contributed by atoms with van der Waals surface area (Å²) >= 11 is 0. The van der Waals surface area contributed by atoms with Gasteiger partial charge < -0.3 is 5.73 Å². The molecular weight excluding hydrogens is 226 g/mol. The number of nitrogens with zero attached hydrogens (tertiary/aromatic N) is 1. The van der Waals surface area contributed by atoms with Gasteiger partial charge in [0.2, 0.25) is 0 Å². The molecule has 16 heavy (non-hydrogen) atoms. The lowest BCUT2D eigenvalue weighted by Crippen LogP contribution is -2.51. The van der Waals surface area contributed by atoms with Crippen LogP contribution in [0.5, 0.6) is 0 Å². The Balaban J connectivity index is 1.97. The van der Waals surface area contributed by atoms with Crippen LogP contribution in [-0.4, -0.2) is 37.9 Å². The van der Waals surface area contributed by atoms with Crippen molar-refractivity contribution in [2.75, 3.05) is 19.6 Å². The summed E-state index contributed by atoms with van der Waals surface area (Å²) in [5.74, 6) is 0.635. The van der Waals surface area contributed by atoms with Crippen LogP contribution in [0, 0.1) is 5.92 Å². The Hall–Kier alpha value is -0.170. The standard InChI is InChI=1S/C10H21N3O2S/c1-9-2-6-13(7-3-9)16(14,15)12-10(8-11)4-5-10/h9,12H,2-8,11H2,1H3. The summed E-state index contributed by atoms with van der Waals surface area (Å²) in [6, 6.07) is 0. The highest BCUT2D eigenvalue weighted by molar-refractivity contribution is 7.87. The van der Waals surface area contributed by atoms with E-state index in [1.807, 2.05) is 0 Å². The highest BCUT2D eigenvalue weighted by Crippen LogP contribution is 2.35. The number of rotatable bonds is 4. The minimum Gasteiger partial charge on any atom is -0.329 e. The summed E-state index contributed by atoms with van der Waals surface area (Å²) < 4.78 is 28.4. The smallest absolute Gasteiger partial charge is 0.279 e. The Morgan fingerprint density at radius 1 is 1.38 bits per heavy atom. The molecule has 5 nitrogen and oxygen atoms in total. The van der Waals surface area contributed by atoms with Crippen LogP contribution in [0.3, 0.4) is 0 Å². The Bertz CT molecular complexity index is 343. The zero-order valence-electron chi connectivity index (χ0n) is 9.78. The first-order chi connectivity index (χ1) is 7.47. The number of hydrogen-bond acceptors (Lipinski definition) is 3. The molecule has 2 fully saturated rings. The van der Waals surface area contributed by atoms with Gasteiger partial charge in [0, 0.05) is 25.2 Å².